The lowest BCUT2D eigenvalue weighted by molar-refractivity contribution is 0.0768. The largest absolute Gasteiger partial charge is 0.492 e. The second kappa shape index (κ2) is 5.99. The molecule has 6 heteroatoms. The van der Waals surface area contributed by atoms with Crippen LogP contribution in [0, 0.1) is 6.92 Å². The molecule has 0 bridgehead atoms. The zero-order valence-electron chi connectivity index (χ0n) is 11.0. The third-order valence-electron chi connectivity index (χ3n) is 2.67. The molecule has 0 aliphatic rings. The van der Waals surface area contributed by atoms with Crippen molar-refractivity contribution in [2.45, 2.75) is 6.92 Å². The Labute approximate surface area is 111 Å². The predicted octanol–water partition coefficient (Wildman–Crippen LogP) is 1.26. The monoisotopic (exact) mass is 260 g/mol. The molecule has 100 valence electrons. The maximum atomic E-state index is 11.9. The minimum Gasteiger partial charge on any atom is -0.492 e. The number of hydrogen-bond donors (Lipinski definition) is 1. The van der Waals surface area contributed by atoms with Crippen LogP contribution in [0.3, 0.4) is 0 Å². The van der Waals surface area contributed by atoms with Crippen molar-refractivity contribution < 1.29 is 9.53 Å². The fraction of sp³-hybridized carbons (Fsp3) is 0.308. The average molecular weight is 260 g/mol. The predicted molar refractivity (Wildman–Crippen MR) is 70.0 cm³/mol. The first kappa shape index (κ1) is 13.1. The number of carbonyl (C=O) groups is 1. The third-order valence-corrected chi connectivity index (χ3v) is 2.67. The van der Waals surface area contributed by atoms with Crippen LogP contribution < -0.4 is 4.74 Å². The summed E-state index contributed by atoms with van der Waals surface area (Å²) in [5, 5.41) is 9.77. The topological polar surface area (TPSA) is 71.1 Å². The van der Waals surface area contributed by atoms with Gasteiger partial charge in [-0.15, -0.1) is 0 Å². The molecule has 0 spiro atoms. The van der Waals surface area contributed by atoms with Gasteiger partial charge in [0.25, 0.3) is 5.91 Å². The number of nitrogens with zero attached hydrogens (tertiary/aromatic N) is 3. The van der Waals surface area contributed by atoms with Crippen LogP contribution in [0.25, 0.3) is 0 Å². The Hall–Kier alpha value is -2.37. The Morgan fingerprint density at radius 2 is 2.32 bits per heavy atom. The number of hydrogen-bond acceptors (Lipinski definition) is 4. The van der Waals surface area contributed by atoms with Crippen molar-refractivity contribution in [2.75, 3.05) is 20.2 Å². The lowest BCUT2D eigenvalue weighted by atomic mass is 10.2. The molecular formula is C13H16N4O2. The van der Waals surface area contributed by atoms with Gasteiger partial charge >= 0.3 is 0 Å². The highest BCUT2D eigenvalue weighted by Gasteiger charge is 2.13. The van der Waals surface area contributed by atoms with Gasteiger partial charge in [0.05, 0.1) is 12.7 Å². The summed E-state index contributed by atoms with van der Waals surface area (Å²) < 4.78 is 5.59. The summed E-state index contributed by atoms with van der Waals surface area (Å²) >= 11 is 0. The zero-order valence-corrected chi connectivity index (χ0v) is 11.0. The first-order valence-corrected chi connectivity index (χ1v) is 5.97. The Balaban J connectivity index is 1.81. The van der Waals surface area contributed by atoms with Crippen LogP contribution in [0.1, 0.15) is 16.1 Å². The number of benzene rings is 1. The molecule has 0 saturated heterocycles. The van der Waals surface area contributed by atoms with Gasteiger partial charge in [-0.3, -0.25) is 4.79 Å². The molecule has 2 rings (SSSR count). The fourth-order valence-corrected chi connectivity index (χ4v) is 1.61. The number of carbonyl (C=O) groups excluding carboxylic acids is 1. The van der Waals surface area contributed by atoms with Crippen molar-refractivity contribution in [3.05, 3.63) is 41.7 Å². The van der Waals surface area contributed by atoms with Crippen LogP contribution >= 0.6 is 0 Å². The van der Waals surface area contributed by atoms with Crippen molar-refractivity contribution in [1.29, 1.82) is 0 Å². The fourth-order valence-electron chi connectivity index (χ4n) is 1.61. The molecule has 6 nitrogen and oxygen atoms in total. The second-order valence-corrected chi connectivity index (χ2v) is 4.25. The van der Waals surface area contributed by atoms with E-state index in [4.69, 9.17) is 4.74 Å². The molecule has 2 aromatic rings. The van der Waals surface area contributed by atoms with E-state index in [0.29, 0.717) is 18.8 Å². The first-order valence-electron chi connectivity index (χ1n) is 5.97. The average Bonchev–Trinajstić information content (AvgIpc) is 2.91. The molecule has 1 N–H and O–H groups in total. The molecule has 0 atom stereocenters. The second-order valence-electron chi connectivity index (χ2n) is 4.25. The number of ether oxygens (including phenoxy) is 1. The standard InChI is InChI=1S/C13H16N4O2/c1-10-4-3-5-11(8-10)19-7-6-17(2)13(18)12-9-14-16-15-12/h3-5,8-9H,6-7H2,1-2H3,(H,14,15,16). The summed E-state index contributed by atoms with van der Waals surface area (Å²) in [6.07, 6.45) is 1.40. The van der Waals surface area contributed by atoms with Crippen LogP contribution in [0.5, 0.6) is 5.75 Å². The molecule has 0 aliphatic carbocycles. The molecule has 1 heterocycles. The highest BCUT2D eigenvalue weighted by molar-refractivity contribution is 5.91. The van der Waals surface area contributed by atoms with E-state index >= 15 is 0 Å². The molecule has 0 radical (unpaired) electrons. The number of nitrogens with one attached hydrogen (secondary N) is 1. The molecule has 0 fully saturated rings. The van der Waals surface area contributed by atoms with Crippen LogP contribution in [0.2, 0.25) is 0 Å². The number of amides is 1. The summed E-state index contributed by atoms with van der Waals surface area (Å²) in [6.45, 7) is 2.93. The lowest BCUT2D eigenvalue weighted by Gasteiger charge is -2.16. The molecule has 0 unspecified atom stereocenters. The SMILES string of the molecule is Cc1cccc(OCCN(C)C(=O)c2cn[nH]n2)c1. The summed E-state index contributed by atoms with van der Waals surface area (Å²) in [7, 11) is 1.70. The quantitative estimate of drug-likeness (QED) is 0.878. The normalized spacial score (nSPS) is 10.2. The van der Waals surface area contributed by atoms with E-state index in [0.717, 1.165) is 11.3 Å². The lowest BCUT2D eigenvalue weighted by Crippen LogP contribution is -2.31. The zero-order chi connectivity index (χ0) is 13.7. The molecule has 0 aliphatic heterocycles. The molecule has 1 amide bonds. The van der Waals surface area contributed by atoms with E-state index in [9.17, 15) is 4.79 Å². The van der Waals surface area contributed by atoms with Gasteiger partial charge in [-0.2, -0.15) is 15.4 Å². The van der Waals surface area contributed by atoms with E-state index < -0.39 is 0 Å². The van der Waals surface area contributed by atoms with Gasteiger partial charge < -0.3 is 9.64 Å². The van der Waals surface area contributed by atoms with E-state index in [-0.39, 0.29) is 5.91 Å². The maximum Gasteiger partial charge on any atom is 0.275 e. The van der Waals surface area contributed by atoms with E-state index in [1.807, 2.05) is 31.2 Å². The van der Waals surface area contributed by atoms with E-state index in [2.05, 4.69) is 15.4 Å². The van der Waals surface area contributed by atoms with Crippen molar-refractivity contribution in [3.63, 3.8) is 0 Å². The minimum absolute atomic E-state index is 0.179. The Morgan fingerprint density at radius 1 is 1.47 bits per heavy atom. The van der Waals surface area contributed by atoms with Crippen LogP contribution in [0.15, 0.2) is 30.5 Å². The van der Waals surface area contributed by atoms with Gasteiger partial charge in [0.15, 0.2) is 5.69 Å². The number of rotatable bonds is 5. The summed E-state index contributed by atoms with van der Waals surface area (Å²) in [5.74, 6) is 0.629. The van der Waals surface area contributed by atoms with Crippen LogP contribution in [-0.4, -0.2) is 46.4 Å². The Bertz CT molecular complexity index is 539. The molecule has 19 heavy (non-hydrogen) atoms. The number of aryl methyl sites for hydroxylation is 1. The van der Waals surface area contributed by atoms with Crippen molar-refractivity contribution in [1.82, 2.24) is 20.3 Å². The van der Waals surface area contributed by atoms with Crippen LogP contribution in [0.4, 0.5) is 0 Å². The van der Waals surface area contributed by atoms with Crippen molar-refractivity contribution >= 4 is 5.91 Å². The van der Waals surface area contributed by atoms with Crippen LogP contribution in [-0.2, 0) is 0 Å². The molecular weight excluding hydrogens is 244 g/mol. The van der Waals surface area contributed by atoms with Gasteiger partial charge in [0, 0.05) is 7.05 Å². The van der Waals surface area contributed by atoms with Gasteiger partial charge in [0.1, 0.15) is 12.4 Å². The molecule has 0 saturated carbocycles. The highest BCUT2D eigenvalue weighted by atomic mass is 16.5. The third kappa shape index (κ3) is 3.54. The molecule has 1 aromatic carbocycles. The van der Waals surface area contributed by atoms with Gasteiger partial charge in [-0.25, -0.2) is 0 Å². The Kier molecular flexibility index (Phi) is 4.12. The van der Waals surface area contributed by atoms with Gasteiger partial charge in [0.2, 0.25) is 0 Å². The number of likely N-dealkylation sites (N-methyl/N-ethyl adjacent to an activating group) is 1. The number of H-pyrrole nitrogens is 1. The number of aromatic nitrogens is 3. The first-order chi connectivity index (χ1) is 9.16. The minimum atomic E-state index is -0.179. The maximum absolute atomic E-state index is 11.9. The number of aromatic amines is 1. The Morgan fingerprint density at radius 3 is 3.00 bits per heavy atom. The van der Waals surface area contributed by atoms with Gasteiger partial charge in [-0.05, 0) is 24.6 Å². The van der Waals surface area contributed by atoms with Crippen molar-refractivity contribution in [3.8, 4) is 5.75 Å². The molecule has 1 aromatic heterocycles. The van der Waals surface area contributed by atoms with Crippen molar-refractivity contribution in [2.24, 2.45) is 0 Å². The summed E-state index contributed by atoms with van der Waals surface area (Å²) in [6, 6.07) is 7.80. The summed E-state index contributed by atoms with van der Waals surface area (Å²) in [4.78, 5) is 13.4. The van der Waals surface area contributed by atoms with Gasteiger partial charge in [-0.1, -0.05) is 12.1 Å². The summed E-state index contributed by atoms with van der Waals surface area (Å²) in [5.41, 5.74) is 1.45. The van der Waals surface area contributed by atoms with E-state index in [1.165, 1.54) is 6.20 Å². The highest BCUT2D eigenvalue weighted by Crippen LogP contribution is 2.12. The smallest absolute Gasteiger partial charge is 0.275 e. The van der Waals surface area contributed by atoms with E-state index in [1.54, 1.807) is 11.9 Å².